The third-order valence-electron chi connectivity index (χ3n) is 3.72. The van der Waals surface area contributed by atoms with Crippen LogP contribution in [0.3, 0.4) is 0 Å². The van der Waals surface area contributed by atoms with Gasteiger partial charge in [0.1, 0.15) is 5.01 Å². The van der Waals surface area contributed by atoms with E-state index < -0.39 is 0 Å². The first-order valence-electron chi connectivity index (χ1n) is 6.85. The Labute approximate surface area is 109 Å². The van der Waals surface area contributed by atoms with Crippen LogP contribution in [0.1, 0.15) is 49.7 Å². The normalized spacial score (nSPS) is 25.1. The molecule has 2 atom stereocenters. The summed E-state index contributed by atoms with van der Waals surface area (Å²) in [6.07, 6.45) is 7.12. The van der Waals surface area contributed by atoms with Gasteiger partial charge in [-0.05, 0) is 38.1 Å². The number of thiazole rings is 1. The van der Waals surface area contributed by atoms with Crippen LogP contribution in [0.2, 0.25) is 0 Å². The minimum atomic E-state index is 0.945. The monoisotopic (exact) mass is 252 g/mol. The first-order valence-corrected chi connectivity index (χ1v) is 7.73. The molecule has 1 aliphatic rings. The number of hydrogen-bond donors (Lipinski definition) is 1. The molecule has 0 spiro atoms. The number of aryl methyl sites for hydroxylation is 1. The summed E-state index contributed by atoms with van der Waals surface area (Å²) in [7, 11) is 0. The van der Waals surface area contributed by atoms with E-state index in [0.29, 0.717) is 0 Å². The lowest BCUT2D eigenvalue weighted by Crippen LogP contribution is -2.21. The van der Waals surface area contributed by atoms with Crippen molar-refractivity contribution in [1.82, 2.24) is 10.3 Å². The van der Waals surface area contributed by atoms with Crippen molar-refractivity contribution in [3.8, 4) is 0 Å². The summed E-state index contributed by atoms with van der Waals surface area (Å²) < 4.78 is 0. The molecule has 0 saturated heterocycles. The van der Waals surface area contributed by atoms with Gasteiger partial charge in [-0.1, -0.05) is 26.2 Å². The number of hydrogen-bond acceptors (Lipinski definition) is 3. The second kappa shape index (κ2) is 6.50. The van der Waals surface area contributed by atoms with Crippen molar-refractivity contribution < 1.29 is 0 Å². The molecule has 0 aromatic carbocycles. The van der Waals surface area contributed by atoms with Crippen LogP contribution in [-0.4, -0.2) is 11.5 Å². The minimum Gasteiger partial charge on any atom is -0.310 e. The summed E-state index contributed by atoms with van der Waals surface area (Å²) in [6.45, 7) is 6.55. The van der Waals surface area contributed by atoms with Crippen LogP contribution in [0.25, 0.3) is 0 Å². The van der Waals surface area contributed by atoms with Crippen LogP contribution in [-0.2, 0) is 6.54 Å². The predicted octanol–water partition coefficient (Wildman–Crippen LogP) is 3.76. The maximum atomic E-state index is 4.46. The Morgan fingerprint density at radius 2 is 2.35 bits per heavy atom. The van der Waals surface area contributed by atoms with Crippen LogP contribution < -0.4 is 5.32 Å². The number of rotatable bonds is 5. The fourth-order valence-corrected chi connectivity index (χ4v) is 3.55. The van der Waals surface area contributed by atoms with Gasteiger partial charge in [0.05, 0.1) is 0 Å². The summed E-state index contributed by atoms with van der Waals surface area (Å²) in [5.74, 6) is 1.92. The van der Waals surface area contributed by atoms with E-state index in [1.54, 1.807) is 11.3 Å². The predicted molar refractivity (Wildman–Crippen MR) is 74.3 cm³/mol. The van der Waals surface area contributed by atoms with E-state index in [4.69, 9.17) is 0 Å². The van der Waals surface area contributed by atoms with Crippen LogP contribution in [0, 0.1) is 18.8 Å². The fourth-order valence-electron chi connectivity index (χ4n) is 2.81. The summed E-state index contributed by atoms with van der Waals surface area (Å²) in [5, 5.41) is 6.87. The lowest BCUT2D eigenvalue weighted by Gasteiger charge is -2.26. The van der Waals surface area contributed by atoms with Gasteiger partial charge in [-0.3, -0.25) is 0 Å². The van der Waals surface area contributed by atoms with Crippen molar-refractivity contribution in [2.24, 2.45) is 11.8 Å². The maximum absolute atomic E-state index is 4.46. The zero-order valence-electron chi connectivity index (χ0n) is 11.0. The molecule has 0 aliphatic heterocycles. The quantitative estimate of drug-likeness (QED) is 0.807. The lowest BCUT2D eigenvalue weighted by atomic mass is 9.81. The molecular formula is C14H24N2S. The zero-order valence-corrected chi connectivity index (χ0v) is 11.9. The lowest BCUT2D eigenvalue weighted by molar-refractivity contribution is 0.267. The van der Waals surface area contributed by atoms with Crippen molar-refractivity contribution in [3.63, 3.8) is 0 Å². The standard InChI is InChI=1S/C14H24N2S/c1-11-4-3-5-13(8-11)6-7-15-9-14-16-12(2)10-17-14/h10-11,13,15H,3-9H2,1-2H3. The van der Waals surface area contributed by atoms with Crippen molar-refractivity contribution in [3.05, 3.63) is 16.1 Å². The Bertz CT molecular complexity index is 335. The molecule has 0 radical (unpaired) electrons. The molecule has 96 valence electrons. The molecule has 3 heteroatoms. The van der Waals surface area contributed by atoms with E-state index in [9.17, 15) is 0 Å². The number of nitrogens with one attached hydrogen (secondary N) is 1. The first-order chi connectivity index (χ1) is 8.24. The summed E-state index contributed by atoms with van der Waals surface area (Å²) >= 11 is 1.76. The molecule has 2 unspecified atom stereocenters. The molecular weight excluding hydrogens is 228 g/mol. The van der Waals surface area contributed by atoms with Crippen molar-refractivity contribution in [1.29, 1.82) is 0 Å². The van der Waals surface area contributed by atoms with Gasteiger partial charge in [-0.15, -0.1) is 11.3 Å². The summed E-state index contributed by atoms with van der Waals surface area (Å²) in [4.78, 5) is 4.46. The van der Waals surface area contributed by atoms with Crippen LogP contribution in [0.15, 0.2) is 5.38 Å². The number of aromatic nitrogens is 1. The number of nitrogens with zero attached hydrogens (tertiary/aromatic N) is 1. The SMILES string of the molecule is Cc1csc(CNCCC2CCCC(C)C2)n1. The molecule has 1 heterocycles. The van der Waals surface area contributed by atoms with Crippen LogP contribution in [0.5, 0.6) is 0 Å². The molecule has 1 saturated carbocycles. The Kier molecular flexibility index (Phi) is 4.99. The highest BCUT2D eigenvalue weighted by atomic mass is 32.1. The molecule has 0 amide bonds. The van der Waals surface area contributed by atoms with Crippen molar-refractivity contribution in [2.45, 2.75) is 52.5 Å². The van der Waals surface area contributed by atoms with Gasteiger partial charge in [-0.2, -0.15) is 0 Å². The average Bonchev–Trinajstić information content (AvgIpc) is 2.71. The van der Waals surface area contributed by atoms with E-state index in [0.717, 1.165) is 30.6 Å². The van der Waals surface area contributed by atoms with Gasteiger partial charge in [0.2, 0.25) is 0 Å². The molecule has 1 N–H and O–H groups in total. The van der Waals surface area contributed by atoms with Crippen molar-refractivity contribution in [2.75, 3.05) is 6.54 Å². The van der Waals surface area contributed by atoms with Gasteiger partial charge in [-0.25, -0.2) is 4.98 Å². The molecule has 2 rings (SSSR count). The largest absolute Gasteiger partial charge is 0.310 e. The molecule has 2 nitrogen and oxygen atoms in total. The topological polar surface area (TPSA) is 24.9 Å². The molecule has 1 fully saturated rings. The Morgan fingerprint density at radius 3 is 3.06 bits per heavy atom. The summed E-state index contributed by atoms with van der Waals surface area (Å²) in [6, 6.07) is 0. The van der Waals surface area contributed by atoms with Crippen LogP contribution in [0.4, 0.5) is 0 Å². The van der Waals surface area contributed by atoms with E-state index in [1.807, 2.05) is 0 Å². The second-order valence-corrected chi connectivity index (χ2v) is 6.43. The van der Waals surface area contributed by atoms with Gasteiger partial charge in [0, 0.05) is 17.6 Å². The van der Waals surface area contributed by atoms with E-state index in [2.05, 4.69) is 29.5 Å². The molecule has 1 aliphatic carbocycles. The van der Waals surface area contributed by atoms with E-state index >= 15 is 0 Å². The molecule has 1 aromatic heterocycles. The Morgan fingerprint density at radius 1 is 1.47 bits per heavy atom. The first kappa shape index (κ1) is 13.0. The highest BCUT2D eigenvalue weighted by Gasteiger charge is 2.18. The third kappa shape index (κ3) is 4.40. The van der Waals surface area contributed by atoms with Crippen molar-refractivity contribution >= 4 is 11.3 Å². The Balaban J connectivity index is 1.59. The smallest absolute Gasteiger partial charge is 0.107 e. The van der Waals surface area contributed by atoms with Gasteiger partial charge < -0.3 is 5.32 Å². The van der Waals surface area contributed by atoms with Crippen LogP contribution >= 0.6 is 11.3 Å². The average molecular weight is 252 g/mol. The molecule has 17 heavy (non-hydrogen) atoms. The van der Waals surface area contributed by atoms with E-state index in [1.165, 1.54) is 37.1 Å². The minimum absolute atomic E-state index is 0.945. The Hall–Kier alpha value is -0.410. The van der Waals surface area contributed by atoms with Gasteiger partial charge in [0.25, 0.3) is 0 Å². The summed E-state index contributed by atoms with van der Waals surface area (Å²) in [5.41, 5.74) is 1.15. The highest BCUT2D eigenvalue weighted by molar-refractivity contribution is 7.09. The van der Waals surface area contributed by atoms with Gasteiger partial charge >= 0.3 is 0 Å². The van der Waals surface area contributed by atoms with Gasteiger partial charge in [0.15, 0.2) is 0 Å². The molecule has 0 bridgehead atoms. The maximum Gasteiger partial charge on any atom is 0.107 e. The highest BCUT2D eigenvalue weighted by Crippen LogP contribution is 2.30. The zero-order chi connectivity index (χ0) is 12.1. The fraction of sp³-hybridized carbons (Fsp3) is 0.786. The third-order valence-corrected chi connectivity index (χ3v) is 4.68. The van der Waals surface area contributed by atoms with E-state index in [-0.39, 0.29) is 0 Å². The molecule has 1 aromatic rings. The second-order valence-electron chi connectivity index (χ2n) is 5.49.